The fourth-order valence-electron chi connectivity index (χ4n) is 2.30. The van der Waals surface area contributed by atoms with Crippen LogP contribution in [0.15, 0.2) is 46.1 Å². The third-order valence-electron chi connectivity index (χ3n) is 3.36. The van der Waals surface area contributed by atoms with Crippen LogP contribution in [0.5, 0.6) is 0 Å². The quantitative estimate of drug-likeness (QED) is 0.530. The van der Waals surface area contributed by atoms with Gasteiger partial charge >= 0.3 is 0 Å². The van der Waals surface area contributed by atoms with E-state index in [0.29, 0.717) is 22.2 Å². The number of nitrogens with one attached hydrogen (secondary N) is 2. The highest BCUT2D eigenvalue weighted by Crippen LogP contribution is 2.31. The minimum absolute atomic E-state index is 0.286. The topological polar surface area (TPSA) is 97.1 Å². The molecule has 1 saturated heterocycles. The Balaban J connectivity index is 1.69. The number of halogens is 1. The van der Waals surface area contributed by atoms with Crippen molar-refractivity contribution in [2.75, 3.05) is 5.32 Å². The van der Waals surface area contributed by atoms with Crippen molar-refractivity contribution in [2.45, 2.75) is 0 Å². The maximum Gasteiger partial charge on any atom is 0.290 e. The number of carbonyl (C=O) groups is 2. The van der Waals surface area contributed by atoms with E-state index in [1.165, 1.54) is 6.08 Å². The normalized spacial score (nSPS) is 15.8. The van der Waals surface area contributed by atoms with Crippen LogP contribution in [0.3, 0.4) is 0 Å². The van der Waals surface area contributed by atoms with Gasteiger partial charge in [-0.05, 0) is 30.0 Å². The molecular weight excluding hydrogens is 364 g/mol. The molecule has 1 aliphatic heterocycles. The van der Waals surface area contributed by atoms with Crippen LogP contribution in [-0.2, 0) is 4.79 Å². The van der Waals surface area contributed by atoms with Crippen LogP contribution in [0.2, 0.25) is 5.15 Å². The summed E-state index contributed by atoms with van der Waals surface area (Å²) in [6, 6.07) is 5.20. The highest BCUT2D eigenvalue weighted by molar-refractivity contribution is 8.18. The highest BCUT2D eigenvalue weighted by Gasteiger charge is 2.25. The van der Waals surface area contributed by atoms with Crippen LogP contribution in [0.1, 0.15) is 5.76 Å². The molecule has 3 aromatic rings. The van der Waals surface area contributed by atoms with Gasteiger partial charge in [0.2, 0.25) is 0 Å². The summed E-state index contributed by atoms with van der Waals surface area (Å²) in [5, 5.41) is 6.12. The van der Waals surface area contributed by atoms with E-state index in [0.717, 1.165) is 22.8 Å². The molecule has 0 aliphatic carbocycles. The molecule has 0 unspecified atom stereocenters. The van der Waals surface area contributed by atoms with E-state index in [1.807, 2.05) is 0 Å². The lowest BCUT2D eigenvalue weighted by Crippen LogP contribution is -2.17. The Kier molecular flexibility index (Phi) is 3.90. The summed E-state index contributed by atoms with van der Waals surface area (Å²) >= 11 is 6.62. The summed E-state index contributed by atoms with van der Waals surface area (Å²) in [6.45, 7) is 0. The molecule has 0 spiro atoms. The first-order valence-electron chi connectivity index (χ1n) is 7.09. The molecule has 2 N–H and O–H groups in total. The Morgan fingerprint density at radius 2 is 2.12 bits per heavy atom. The van der Waals surface area contributed by atoms with Gasteiger partial charge < -0.3 is 9.73 Å². The van der Waals surface area contributed by atoms with Crippen molar-refractivity contribution < 1.29 is 14.0 Å². The molecule has 124 valence electrons. The second kappa shape index (κ2) is 6.23. The van der Waals surface area contributed by atoms with Gasteiger partial charge in [-0.15, -0.1) is 0 Å². The lowest BCUT2D eigenvalue weighted by atomic mass is 10.3. The number of pyridine rings is 2. The lowest BCUT2D eigenvalue weighted by Gasteiger charge is -2.05. The predicted octanol–water partition coefficient (Wildman–Crippen LogP) is 3.94. The maximum atomic E-state index is 11.6. The molecule has 0 radical (unpaired) electrons. The number of hydrogen-bond donors (Lipinski definition) is 2. The zero-order chi connectivity index (χ0) is 17.4. The molecule has 0 atom stereocenters. The number of fused-ring (bicyclic) bond motifs is 1. The summed E-state index contributed by atoms with van der Waals surface area (Å²) in [7, 11) is 0. The van der Waals surface area contributed by atoms with E-state index in [2.05, 4.69) is 20.6 Å². The van der Waals surface area contributed by atoms with Gasteiger partial charge in [-0.25, -0.2) is 4.98 Å². The summed E-state index contributed by atoms with van der Waals surface area (Å²) in [6.07, 6.45) is 6.40. The number of carbonyl (C=O) groups excluding carboxylic acids is 2. The number of aromatic nitrogens is 2. The van der Waals surface area contributed by atoms with Gasteiger partial charge in [0.15, 0.2) is 5.58 Å². The standard InChI is InChI=1S/C16H9ClN4O3S/c17-13-2-1-9(6-19-13)20-11-7-18-5-8-3-10(24-14(8)11)4-12-15(22)21-16(23)25-12/h1-7,20H,(H,21,22,23)/b12-4-. The van der Waals surface area contributed by atoms with E-state index in [4.69, 9.17) is 16.0 Å². The van der Waals surface area contributed by atoms with E-state index in [-0.39, 0.29) is 4.91 Å². The average Bonchev–Trinajstić information content (AvgIpc) is 3.13. The molecule has 3 aromatic heterocycles. The van der Waals surface area contributed by atoms with E-state index in [1.54, 1.807) is 36.8 Å². The molecule has 7 nitrogen and oxygen atoms in total. The number of amides is 2. The number of thioether (sulfide) groups is 1. The second-order valence-corrected chi connectivity index (χ2v) is 6.50. The van der Waals surface area contributed by atoms with Crippen LogP contribution in [0.4, 0.5) is 16.2 Å². The third-order valence-corrected chi connectivity index (χ3v) is 4.40. The molecule has 1 aliphatic rings. The van der Waals surface area contributed by atoms with Gasteiger partial charge in [-0.3, -0.25) is 19.9 Å². The molecule has 0 saturated carbocycles. The van der Waals surface area contributed by atoms with Crippen LogP contribution in [-0.4, -0.2) is 21.1 Å². The van der Waals surface area contributed by atoms with Crippen LogP contribution < -0.4 is 10.6 Å². The first-order valence-corrected chi connectivity index (χ1v) is 8.29. The smallest absolute Gasteiger partial charge is 0.290 e. The predicted molar refractivity (Wildman–Crippen MR) is 95.6 cm³/mol. The summed E-state index contributed by atoms with van der Waals surface area (Å²) in [4.78, 5) is 31.3. The first kappa shape index (κ1) is 15.7. The molecule has 25 heavy (non-hydrogen) atoms. The van der Waals surface area contributed by atoms with Crippen molar-refractivity contribution in [1.29, 1.82) is 0 Å². The number of anilines is 2. The average molecular weight is 373 g/mol. The van der Waals surface area contributed by atoms with Gasteiger partial charge in [0, 0.05) is 17.7 Å². The summed E-state index contributed by atoms with van der Waals surface area (Å²) < 4.78 is 5.81. The molecule has 1 fully saturated rings. The second-order valence-electron chi connectivity index (χ2n) is 5.10. The van der Waals surface area contributed by atoms with Gasteiger partial charge in [0.25, 0.3) is 11.1 Å². The fourth-order valence-corrected chi connectivity index (χ4v) is 3.07. The van der Waals surface area contributed by atoms with Crippen LogP contribution in [0.25, 0.3) is 17.0 Å². The van der Waals surface area contributed by atoms with Crippen molar-refractivity contribution >= 4 is 62.9 Å². The first-order chi connectivity index (χ1) is 12.1. The molecule has 4 heterocycles. The Hall–Kier alpha value is -2.84. The minimum Gasteiger partial charge on any atom is -0.454 e. The number of hydrogen-bond acceptors (Lipinski definition) is 7. The van der Waals surface area contributed by atoms with Crippen molar-refractivity contribution in [2.24, 2.45) is 0 Å². The van der Waals surface area contributed by atoms with Gasteiger partial charge in [0.05, 0.1) is 23.0 Å². The van der Waals surface area contributed by atoms with Crippen molar-refractivity contribution in [3.63, 3.8) is 0 Å². The van der Waals surface area contributed by atoms with Crippen molar-refractivity contribution in [3.8, 4) is 0 Å². The number of nitrogens with zero attached hydrogens (tertiary/aromatic N) is 2. The Labute approximate surface area is 150 Å². The van der Waals surface area contributed by atoms with Gasteiger partial charge in [-0.1, -0.05) is 11.6 Å². The maximum absolute atomic E-state index is 11.6. The van der Waals surface area contributed by atoms with Crippen molar-refractivity contribution in [3.05, 3.63) is 52.6 Å². The molecule has 0 aromatic carbocycles. The minimum atomic E-state index is -0.431. The zero-order valence-corrected chi connectivity index (χ0v) is 14.0. The Morgan fingerprint density at radius 1 is 1.24 bits per heavy atom. The monoisotopic (exact) mass is 372 g/mol. The van der Waals surface area contributed by atoms with Gasteiger partial charge in [0.1, 0.15) is 16.6 Å². The zero-order valence-electron chi connectivity index (χ0n) is 12.4. The molecular formula is C16H9ClN4O3S. The SMILES string of the molecule is O=C1NC(=O)/C(=C/c2cc3cncc(Nc4ccc(Cl)nc4)c3o2)S1. The van der Waals surface area contributed by atoms with Crippen molar-refractivity contribution in [1.82, 2.24) is 15.3 Å². The summed E-state index contributed by atoms with van der Waals surface area (Å²) in [5.41, 5.74) is 1.95. The Bertz CT molecular complexity index is 1030. The van der Waals surface area contributed by atoms with Crippen LogP contribution >= 0.6 is 23.4 Å². The lowest BCUT2D eigenvalue weighted by molar-refractivity contribution is -0.115. The highest BCUT2D eigenvalue weighted by atomic mass is 35.5. The third kappa shape index (κ3) is 3.21. The fraction of sp³-hybridized carbons (Fsp3) is 0. The van der Waals surface area contributed by atoms with E-state index >= 15 is 0 Å². The van der Waals surface area contributed by atoms with E-state index < -0.39 is 11.1 Å². The number of rotatable bonds is 3. The summed E-state index contributed by atoms with van der Waals surface area (Å²) in [5.74, 6) is 0.0202. The molecule has 0 bridgehead atoms. The number of furan rings is 1. The Morgan fingerprint density at radius 3 is 2.84 bits per heavy atom. The van der Waals surface area contributed by atoms with E-state index in [9.17, 15) is 9.59 Å². The molecule has 9 heteroatoms. The van der Waals surface area contributed by atoms with Crippen LogP contribution in [0, 0.1) is 0 Å². The molecule has 4 rings (SSSR count). The van der Waals surface area contributed by atoms with Gasteiger partial charge in [-0.2, -0.15) is 0 Å². The molecule has 2 amide bonds. The largest absolute Gasteiger partial charge is 0.454 e. The number of imide groups is 1.